The SMILES string of the molecule is CCC1CCCC(CN)(N2CCN(C)C(C)C2)C1. The van der Waals surface area contributed by atoms with Crippen molar-refractivity contribution >= 4 is 0 Å². The van der Waals surface area contributed by atoms with Gasteiger partial charge in [0, 0.05) is 37.8 Å². The summed E-state index contributed by atoms with van der Waals surface area (Å²) in [7, 11) is 2.24. The Labute approximate surface area is 113 Å². The number of hydrogen-bond donors (Lipinski definition) is 1. The van der Waals surface area contributed by atoms with E-state index >= 15 is 0 Å². The Morgan fingerprint density at radius 2 is 2.11 bits per heavy atom. The van der Waals surface area contributed by atoms with Gasteiger partial charge in [-0.3, -0.25) is 4.90 Å². The second-order valence-corrected chi connectivity index (χ2v) is 6.57. The molecule has 106 valence electrons. The Balaban J connectivity index is 2.07. The molecule has 0 amide bonds. The number of hydrogen-bond acceptors (Lipinski definition) is 3. The minimum atomic E-state index is 0.314. The fourth-order valence-corrected chi connectivity index (χ4v) is 3.89. The van der Waals surface area contributed by atoms with Crippen molar-refractivity contribution < 1.29 is 0 Å². The van der Waals surface area contributed by atoms with Crippen LogP contribution in [0, 0.1) is 5.92 Å². The van der Waals surface area contributed by atoms with Crippen LogP contribution in [0.1, 0.15) is 46.0 Å². The van der Waals surface area contributed by atoms with E-state index < -0.39 is 0 Å². The number of piperazine rings is 1. The summed E-state index contributed by atoms with van der Waals surface area (Å²) in [6, 6.07) is 0.671. The summed E-state index contributed by atoms with van der Waals surface area (Å²) in [5.41, 5.74) is 6.52. The number of nitrogens with zero attached hydrogens (tertiary/aromatic N) is 2. The number of rotatable bonds is 3. The lowest BCUT2D eigenvalue weighted by atomic mass is 9.73. The summed E-state index contributed by atoms with van der Waals surface area (Å²) in [6.45, 7) is 9.12. The van der Waals surface area contributed by atoms with Crippen LogP contribution in [-0.4, -0.2) is 54.6 Å². The second-order valence-electron chi connectivity index (χ2n) is 6.57. The van der Waals surface area contributed by atoms with E-state index in [0.717, 1.165) is 12.5 Å². The van der Waals surface area contributed by atoms with Gasteiger partial charge in [0.2, 0.25) is 0 Å². The smallest absolute Gasteiger partial charge is 0.0335 e. The van der Waals surface area contributed by atoms with Crippen LogP contribution in [-0.2, 0) is 0 Å². The Morgan fingerprint density at radius 1 is 1.33 bits per heavy atom. The van der Waals surface area contributed by atoms with Crippen LogP contribution in [0.3, 0.4) is 0 Å². The Kier molecular flexibility index (Phi) is 4.68. The minimum Gasteiger partial charge on any atom is -0.329 e. The van der Waals surface area contributed by atoms with Crippen molar-refractivity contribution in [3.63, 3.8) is 0 Å². The first kappa shape index (κ1) is 14.3. The largest absolute Gasteiger partial charge is 0.329 e. The van der Waals surface area contributed by atoms with Crippen molar-refractivity contribution in [3.05, 3.63) is 0 Å². The van der Waals surface area contributed by atoms with Gasteiger partial charge in [0.05, 0.1) is 0 Å². The van der Waals surface area contributed by atoms with Gasteiger partial charge >= 0.3 is 0 Å². The molecule has 0 spiro atoms. The molecule has 1 saturated carbocycles. The zero-order chi connectivity index (χ0) is 13.2. The van der Waals surface area contributed by atoms with Crippen LogP contribution in [0.4, 0.5) is 0 Å². The quantitative estimate of drug-likeness (QED) is 0.834. The molecule has 2 fully saturated rings. The third kappa shape index (κ3) is 2.73. The zero-order valence-corrected chi connectivity index (χ0v) is 12.5. The highest BCUT2D eigenvalue weighted by molar-refractivity contribution is 4.98. The van der Waals surface area contributed by atoms with Gasteiger partial charge < -0.3 is 10.6 Å². The van der Waals surface area contributed by atoms with Crippen molar-refractivity contribution in [1.29, 1.82) is 0 Å². The van der Waals surface area contributed by atoms with Crippen molar-refractivity contribution in [2.24, 2.45) is 11.7 Å². The van der Waals surface area contributed by atoms with Crippen molar-refractivity contribution in [2.75, 3.05) is 33.2 Å². The predicted molar refractivity (Wildman–Crippen MR) is 77.7 cm³/mol. The summed E-state index contributed by atoms with van der Waals surface area (Å²) >= 11 is 0. The van der Waals surface area contributed by atoms with E-state index in [1.54, 1.807) is 0 Å². The molecule has 3 unspecified atom stereocenters. The summed E-state index contributed by atoms with van der Waals surface area (Å²) < 4.78 is 0. The molecular weight excluding hydrogens is 222 g/mol. The zero-order valence-electron chi connectivity index (χ0n) is 12.5. The maximum absolute atomic E-state index is 6.21. The highest BCUT2D eigenvalue weighted by atomic mass is 15.3. The van der Waals surface area contributed by atoms with Gasteiger partial charge in [-0.15, -0.1) is 0 Å². The molecule has 1 saturated heterocycles. The summed E-state index contributed by atoms with van der Waals surface area (Å²) in [5, 5.41) is 0. The normalized spacial score (nSPS) is 40.0. The van der Waals surface area contributed by atoms with Crippen LogP contribution in [0.25, 0.3) is 0 Å². The topological polar surface area (TPSA) is 32.5 Å². The molecule has 3 nitrogen and oxygen atoms in total. The first-order chi connectivity index (χ1) is 8.61. The Bertz CT molecular complexity index is 268. The first-order valence-electron chi connectivity index (χ1n) is 7.76. The maximum atomic E-state index is 6.21. The van der Waals surface area contributed by atoms with E-state index in [1.165, 1.54) is 51.7 Å². The Hall–Kier alpha value is -0.120. The van der Waals surface area contributed by atoms with E-state index in [1.807, 2.05) is 0 Å². The molecule has 2 N–H and O–H groups in total. The van der Waals surface area contributed by atoms with Crippen molar-refractivity contribution in [2.45, 2.75) is 57.5 Å². The molecule has 2 rings (SSSR count). The molecule has 1 heterocycles. The summed E-state index contributed by atoms with van der Waals surface area (Å²) in [6.07, 6.45) is 6.76. The summed E-state index contributed by atoms with van der Waals surface area (Å²) in [5.74, 6) is 0.900. The van der Waals surface area contributed by atoms with E-state index in [2.05, 4.69) is 30.7 Å². The average Bonchev–Trinajstić information content (AvgIpc) is 2.41. The van der Waals surface area contributed by atoms with Gasteiger partial charge in [-0.1, -0.05) is 26.2 Å². The van der Waals surface area contributed by atoms with E-state index in [9.17, 15) is 0 Å². The fraction of sp³-hybridized carbons (Fsp3) is 1.00. The summed E-state index contributed by atoms with van der Waals surface area (Å²) in [4.78, 5) is 5.19. The van der Waals surface area contributed by atoms with E-state index in [0.29, 0.717) is 11.6 Å². The second kappa shape index (κ2) is 5.89. The maximum Gasteiger partial charge on any atom is 0.0335 e. The third-order valence-electron chi connectivity index (χ3n) is 5.51. The molecule has 0 aromatic carbocycles. The van der Waals surface area contributed by atoms with Gasteiger partial charge in [-0.2, -0.15) is 0 Å². The molecule has 3 atom stereocenters. The molecule has 0 aromatic rings. The van der Waals surface area contributed by atoms with Gasteiger partial charge in [0.1, 0.15) is 0 Å². The minimum absolute atomic E-state index is 0.314. The molecule has 1 aliphatic carbocycles. The number of likely N-dealkylation sites (N-methyl/N-ethyl adjacent to an activating group) is 1. The fourth-order valence-electron chi connectivity index (χ4n) is 3.89. The van der Waals surface area contributed by atoms with Crippen molar-refractivity contribution in [1.82, 2.24) is 9.80 Å². The molecule has 0 aromatic heterocycles. The molecule has 2 aliphatic rings. The molecule has 0 bridgehead atoms. The molecule has 0 radical (unpaired) electrons. The highest BCUT2D eigenvalue weighted by Crippen LogP contribution is 2.38. The van der Waals surface area contributed by atoms with Crippen LogP contribution >= 0.6 is 0 Å². The van der Waals surface area contributed by atoms with Gasteiger partial charge in [-0.05, 0) is 32.7 Å². The molecular formula is C15H31N3. The Morgan fingerprint density at radius 3 is 2.72 bits per heavy atom. The lowest BCUT2D eigenvalue weighted by molar-refractivity contribution is -0.0150. The van der Waals surface area contributed by atoms with E-state index in [4.69, 9.17) is 5.73 Å². The van der Waals surface area contributed by atoms with E-state index in [-0.39, 0.29) is 0 Å². The standard InChI is InChI=1S/C15H31N3/c1-4-14-6-5-7-15(10-14,12-16)18-9-8-17(3)13(2)11-18/h13-14H,4-12,16H2,1-3H3. The first-order valence-corrected chi connectivity index (χ1v) is 7.76. The lowest BCUT2D eigenvalue weighted by Crippen LogP contribution is -2.63. The lowest BCUT2D eigenvalue weighted by Gasteiger charge is -2.52. The highest BCUT2D eigenvalue weighted by Gasteiger charge is 2.41. The van der Waals surface area contributed by atoms with Crippen molar-refractivity contribution in [3.8, 4) is 0 Å². The molecule has 18 heavy (non-hydrogen) atoms. The van der Waals surface area contributed by atoms with Gasteiger partial charge in [-0.25, -0.2) is 0 Å². The molecule has 1 aliphatic heterocycles. The van der Waals surface area contributed by atoms with Crippen LogP contribution in [0.15, 0.2) is 0 Å². The van der Waals surface area contributed by atoms with Gasteiger partial charge in [0.15, 0.2) is 0 Å². The monoisotopic (exact) mass is 253 g/mol. The van der Waals surface area contributed by atoms with Crippen LogP contribution in [0.5, 0.6) is 0 Å². The third-order valence-corrected chi connectivity index (χ3v) is 5.51. The van der Waals surface area contributed by atoms with Gasteiger partial charge in [0.25, 0.3) is 0 Å². The molecule has 3 heteroatoms. The number of nitrogens with two attached hydrogens (primary N) is 1. The van der Waals surface area contributed by atoms with Crippen LogP contribution < -0.4 is 5.73 Å². The predicted octanol–water partition coefficient (Wildman–Crippen LogP) is 1.92. The van der Waals surface area contributed by atoms with Crippen LogP contribution in [0.2, 0.25) is 0 Å². The average molecular weight is 253 g/mol.